The van der Waals surface area contributed by atoms with Gasteiger partial charge in [-0.1, -0.05) is 31.5 Å². The molecule has 2 unspecified atom stereocenters. The van der Waals surface area contributed by atoms with E-state index < -0.39 is 11.1 Å². The Labute approximate surface area is 129 Å². The van der Waals surface area contributed by atoms with Crippen molar-refractivity contribution in [3.63, 3.8) is 0 Å². The van der Waals surface area contributed by atoms with Gasteiger partial charge in [-0.25, -0.2) is 4.21 Å². The smallest absolute Gasteiger partial charge is 0.220 e. The Morgan fingerprint density at radius 2 is 1.86 bits per heavy atom. The zero-order valence-electron chi connectivity index (χ0n) is 13.2. The van der Waals surface area contributed by atoms with E-state index in [1.807, 2.05) is 32.9 Å². The highest BCUT2D eigenvalue weighted by Gasteiger charge is 2.21. The number of hydrogen-bond acceptors (Lipinski definition) is 4. The molecule has 1 amide bonds. The molecule has 1 aliphatic heterocycles. The van der Waals surface area contributed by atoms with Gasteiger partial charge in [0.15, 0.2) is 11.1 Å². The van der Waals surface area contributed by atoms with Crippen LogP contribution in [0.15, 0.2) is 29.2 Å². The molecule has 0 aliphatic carbocycles. The highest BCUT2D eigenvalue weighted by Crippen LogP contribution is 2.12. The van der Waals surface area contributed by atoms with Crippen LogP contribution in [0, 0.1) is 6.92 Å². The summed E-state index contributed by atoms with van der Waals surface area (Å²) in [5.41, 5.74) is 5.62. The molecule has 0 bridgehead atoms. The molecule has 3 N–H and O–H groups in total. The molecule has 2 rings (SSSR count). The summed E-state index contributed by atoms with van der Waals surface area (Å²) in [6.45, 7) is 6.27. The van der Waals surface area contributed by atoms with Crippen LogP contribution in [0.3, 0.4) is 0 Å². The van der Waals surface area contributed by atoms with Gasteiger partial charge in [0, 0.05) is 6.42 Å². The number of aryl methyl sites for hydroxylation is 1. The van der Waals surface area contributed by atoms with Crippen LogP contribution >= 0.6 is 0 Å². The maximum atomic E-state index is 11.8. The summed E-state index contributed by atoms with van der Waals surface area (Å²) >= 11 is -1.45. The normalized spacial score (nSPS) is 17.8. The quantitative estimate of drug-likeness (QED) is 0.889. The third-order valence-corrected chi connectivity index (χ3v) is 3.68. The lowest BCUT2D eigenvalue weighted by molar-refractivity contribution is -0.119. The van der Waals surface area contributed by atoms with Crippen molar-refractivity contribution >= 4 is 17.0 Å². The van der Waals surface area contributed by atoms with Crippen molar-refractivity contribution in [1.29, 1.82) is 0 Å². The van der Waals surface area contributed by atoms with Gasteiger partial charge in [0.2, 0.25) is 5.91 Å². The predicted octanol–water partition coefficient (Wildman–Crippen LogP) is 1.91. The van der Waals surface area contributed by atoms with Crippen LogP contribution < -0.4 is 11.1 Å². The monoisotopic (exact) mass is 314 g/mol. The lowest BCUT2D eigenvalue weighted by Crippen LogP contribution is -2.29. The molecule has 1 fully saturated rings. The van der Waals surface area contributed by atoms with Gasteiger partial charge in [-0.15, -0.1) is 0 Å². The van der Waals surface area contributed by atoms with Crippen LogP contribution in [0.5, 0.6) is 0 Å². The third-order valence-electron chi connectivity index (χ3n) is 2.67. The van der Waals surface area contributed by atoms with Crippen molar-refractivity contribution < 1.29 is 13.2 Å². The first-order valence-corrected chi connectivity index (χ1v) is 8.21. The van der Waals surface area contributed by atoms with E-state index in [1.165, 1.54) is 7.05 Å². The van der Waals surface area contributed by atoms with Crippen molar-refractivity contribution in [2.45, 2.75) is 44.6 Å². The fraction of sp³-hybridized carbons (Fsp3) is 0.533. The van der Waals surface area contributed by atoms with Crippen LogP contribution in [0.4, 0.5) is 0 Å². The lowest BCUT2D eigenvalue weighted by Gasteiger charge is -2.09. The molecule has 21 heavy (non-hydrogen) atoms. The molecule has 5 nitrogen and oxygen atoms in total. The third kappa shape index (κ3) is 7.36. The van der Waals surface area contributed by atoms with Crippen molar-refractivity contribution in [2.24, 2.45) is 5.73 Å². The minimum atomic E-state index is -1.45. The first kappa shape index (κ1) is 19.8. The van der Waals surface area contributed by atoms with Crippen molar-refractivity contribution in [3.05, 3.63) is 29.8 Å². The molecule has 2 atom stereocenters. The molecular weight excluding hydrogens is 288 g/mol. The van der Waals surface area contributed by atoms with E-state index in [-0.39, 0.29) is 11.9 Å². The molecule has 1 saturated heterocycles. The Bertz CT molecular complexity index is 435. The molecule has 6 heteroatoms. The molecule has 1 aromatic carbocycles. The molecule has 120 valence electrons. The van der Waals surface area contributed by atoms with E-state index in [1.54, 1.807) is 12.1 Å². The lowest BCUT2D eigenvalue weighted by atomic mass is 10.2. The summed E-state index contributed by atoms with van der Waals surface area (Å²) in [6, 6.07) is 7.37. The second-order valence-electron chi connectivity index (χ2n) is 4.14. The molecule has 1 aromatic rings. The van der Waals surface area contributed by atoms with Crippen molar-refractivity contribution in [2.75, 3.05) is 13.7 Å². The number of nitrogens with one attached hydrogen (secondary N) is 1. The molecule has 0 saturated carbocycles. The standard InChI is InChI=1S/C12H15NO3S.C2H6.CH5N/c1-9-2-5-11(6-3-9)17(15)16-8-10-4-7-12(14)13-10;2*1-2/h2-3,5-6,10H,4,7-8H2,1H3,(H,13,14);1-2H3;2H2,1H3. The van der Waals surface area contributed by atoms with Crippen LogP contribution in [-0.4, -0.2) is 29.8 Å². The summed E-state index contributed by atoms with van der Waals surface area (Å²) in [7, 11) is 1.50. The maximum Gasteiger partial charge on any atom is 0.220 e. The van der Waals surface area contributed by atoms with Crippen LogP contribution in [-0.2, 0) is 20.1 Å². The first-order valence-electron chi connectivity index (χ1n) is 7.14. The van der Waals surface area contributed by atoms with E-state index in [9.17, 15) is 9.00 Å². The number of rotatable bonds is 4. The summed E-state index contributed by atoms with van der Waals surface area (Å²) in [5, 5.41) is 2.77. The second kappa shape index (κ2) is 11.4. The van der Waals surface area contributed by atoms with Crippen LogP contribution in [0.2, 0.25) is 0 Å². The fourth-order valence-corrected chi connectivity index (χ4v) is 2.45. The largest absolute Gasteiger partial charge is 0.351 e. The zero-order chi connectivity index (χ0) is 16.3. The van der Waals surface area contributed by atoms with Gasteiger partial charge in [0.05, 0.1) is 17.5 Å². The molecule has 1 aliphatic rings. The molecule has 0 radical (unpaired) electrons. The number of nitrogens with two attached hydrogens (primary N) is 1. The van der Waals surface area contributed by atoms with Crippen molar-refractivity contribution in [3.8, 4) is 0 Å². The average molecular weight is 314 g/mol. The minimum absolute atomic E-state index is 0.00287. The van der Waals surface area contributed by atoms with E-state index in [0.717, 1.165) is 12.0 Å². The molecular formula is C15H26N2O3S. The maximum absolute atomic E-state index is 11.8. The topological polar surface area (TPSA) is 81.4 Å². The van der Waals surface area contributed by atoms with Crippen molar-refractivity contribution in [1.82, 2.24) is 5.32 Å². The average Bonchev–Trinajstić information content (AvgIpc) is 2.95. The summed E-state index contributed by atoms with van der Waals surface area (Å²) < 4.78 is 17.0. The molecule has 1 heterocycles. The predicted molar refractivity (Wildman–Crippen MR) is 86.2 cm³/mol. The highest BCUT2D eigenvalue weighted by atomic mass is 32.2. The van der Waals surface area contributed by atoms with Gasteiger partial charge in [0.1, 0.15) is 0 Å². The Kier molecular flexibility index (Phi) is 10.7. The van der Waals surface area contributed by atoms with E-state index in [2.05, 4.69) is 11.1 Å². The number of amides is 1. The Balaban J connectivity index is 0.000000921. The van der Waals surface area contributed by atoms with Gasteiger partial charge < -0.3 is 11.1 Å². The first-order chi connectivity index (χ1) is 10.1. The number of carbonyl (C=O) groups excluding carboxylic acids is 1. The van der Waals surface area contributed by atoms with Gasteiger partial charge in [-0.05, 0) is 32.5 Å². The van der Waals surface area contributed by atoms with E-state index in [4.69, 9.17) is 4.18 Å². The van der Waals surface area contributed by atoms with Crippen LogP contribution in [0.1, 0.15) is 32.3 Å². The van der Waals surface area contributed by atoms with Gasteiger partial charge >= 0.3 is 0 Å². The van der Waals surface area contributed by atoms with Crippen LogP contribution in [0.25, 0.3) is 0 Å². The second-order valence-corrected chi connectivity index (χ2v) is 5.31. The SMILES string of the molecule is CC.CN.Cc1ccc(S(=O)OCC2CCC(=O)N2)cc1. The Morgan fingerprint density at radius 3 is 2.33 bits per heavy atom. The number of hydrogen-bond donors (Lipinski definition) is 2. The Hall–Kier alpha value is -1.24. The zero-order valence-corrected chi connectivity index (χ0v) is 14.0. The summed E-state index contributed by atoms with van der Waals surface area (Å²) in [4.78, 5) is 11.6. The van der Waals surface area contributed by atoms with E-state index in [0.29, 0.717) is 17.9 Å². The molecule has 0 aromatic heterocycles. The van der Waals surface area contributed by atoms with Gasteiger partial charge in [0.25, 0.3) is 0 Å². The summed E-state index contributed by atoms with van der Waals surface area (Å²) in [6.07, 6.45) is 1.29. The van der Waals surface area contributed by atoms with Gasteiger partial charge in [-0.2, -0.15) is 0 Å². The van der Waals surface area contributed by atoms with E-state index >= 15 is 0 Å². The number of carbonyl (C=O) groups is 1. The summed E-state index contributed by atoms with van der Waals surface area (Å²) in [5.74, 6) is 0.0414. The Morgan fingerprint density at radius 1 is 1.29 bits per heavy atom. The number of benzene rings is 1. The highest BCUT2D eigenvalue weighted by molar-refractivity contribution is 7.80. The molecule has 0 spiro atoms. The van der Waals surface area contributed by atoms with Gasteiger partial charge in [-0.3, -0.25) is 8.98 Å². The fourth-order valence-electron chi connectivity index (χ4n) is 1.66. The minimum Gasteiger partial charge on any atom is -0.351 e.